The number of nitrogens with zero attached hydrogens (tertiary/aromatic N) is 1. The Balaban J connectivity index is 1.83. The zero-order valence-corrected chi connectivity index (χ0v) is 14.9. The van der Waals surface area contributed by atoms with Gasteiger partial charge in [0.15, 0.2) is 5.69 Å². The lowest BCUT2D eigenvalue weighted by Gasteiger charge is -2.06. The van der Waals surface area contributed by atoms with Crippen molar-refractivity contribution in [1.29, 1.82) is 0 Å². The number of hydrogen-bond acceptors (Lipinski definition) is 1. The summed E-state index contributed by atoms with van der Waals surface area (Å²) in [5, 5.41) is 0. The molecule has 23 heavy (non-hydrogen) atoms. The van der Waals surface area contributed by atoms with E-state index in [1.54, 1.807) is 0 Å². The molecule has 0 atom stereocenters. The molecule has 2 nitrogen and oxygen atoms in total. The van der Waals surface area contributed by atoms with E-state index in [2.05, 4.69) is 11.8 Å². The molecule has 0 radical (unpaired) electrons. The maximum atomic E-state index is 6.91. The summed E-state index contributed by atoms with van der Waals surface area (Å²) in [4.78, 5) is 3.38. The quantitative estimate of drug-likeness (QED) is 0.259. The average Bonchev–Trinajstić information content (AvgIpc) is 2.59. The first-order chi connectivity index (χ1) is 11.4. The predicted molar refractivity (Wildman–Crippen MR) is 99.3 cm³/mol. The van der Waals surface area contributed by atoms with Gasteiger partial charge in [-0.2, -0.15) is 0 Å². The Morgan fingerprint density at radius 1 is 0.739 bits per heavy atom. The third-order valence-electron chi connectivity index (χ3n) is 4.23. The molecular formula is C21H33NO. The van der Waals surface area contributed by atoms with E-state index in [0.717, 1.165) is 18.8 Å². The van der Waals surface area contributed by atoms with E-state index in [4.69, 9.17) is 11.3 Å². The zero-order chi connectivity index (χ0) is 16.6. The van der Waals surface area contributed by atoms with Crippen LogP contribution >= 0.6 is 0 Å². The number of hydrogen-bond donors (Lipinski definition) is 0. The maximum absolute atomic E-state index is 6.91. The molecule has 0 spiro atoms. The van der Waals surface area contributed by atoms with Gasteiger partial charge in [-0.15, -0.1) is 0 Å². The summed E-state index contributed by atoms with van der Waals surface area (Å²) < 4.78 is 5.69. The van der Waals surface area contributed by atoms with Crippen LogP contribution in [0.15, 0.2) is 24.3 Å². The Kier molecular flexibility index (Phi) is 12.0. The summed E-state index contributed by atoms with van der Waals surface area (Å²) in [5.74, 6) is 0.875. The maximum Gasteiger partial charge on any atom is 0.187 e. The van der Waals surface area contributed by atoms with Crippen molar-refractivity contribution in [2.24, 2.45) is 0 Å². The fourth-order valence-electron chi connectivity index (χ4n) is 2.75. The normalized spacial score (nSPS) is 10.4. The molecule has 2 heteroatoms. The fourth-order valence-corrected chi connectivity index (χ4v) is 2.75. The smallest absolute Gasteiger partial charge is 0.187 e. The van der Waals surface area contributed by atoms with Crippen LogP contribution in [0.25, 0.3) is 4.85 Å². The first-order valence-corrected chi connectivity index (χ1v) is 9.47. The number of ether oxygens (including phenoxy) is 1. The molecule has 1 aromatic rings. The highest BCUT2D eigenvalue weighted by Gasteiger charge is 1.96. The van der Waals surface area contributed by atoms with Crippen LogP contribution in [0.5, 0.6) is 5.75 Å². The van der Waals surface area contributed by atoms with Crippen LogP contribution in [-0.2, 0) is 0 Å². The molecule has 1 aromatic carbocycles. The zero-order valence-electron chi connectivity index (χ0n) is 14.9. The van der Waals surface area contributed by atoms with Gasteiger partial charge in [0.25, 0.3) is 0 Å². The molecule has 128 valence electrons. The summed E-state index contributed by atoms with van der Waals surface area (Å²) in [6.07, 6.45) is 16.4. The minimum absolute atomic E-state index is 0.669. The van der Waals surface area contributed by atoms with Gasteiger partial charge in [-0.1, -0.05) is 89.7 Å². The lowest BCUT2D eigenvalue weighted by molar-refractivity contribution is 0.304. The third-order valence-corrected chi connectivity index (χ3v) is 4.23. The average molecular weight is 316 g/mol. The molecule has 0 amide bonds. The topological polar surface area (TPSA) is 13.6 Å². The highest BCUT2D eigenvalue weighted by Crippen LogP contribution is 2.18. The van der Waals surface area contributed by atoms with Crippen molar-refractivity contribution in [3.8, 4) is 5.75 Å². The lowest BCUT2D eigenvalue weighted by Crippen LogP contribution is -1.96. The van der Waals surface area contributed by atoms with Crippen LogP contribution in [0.1, 0.15) is 84.0 Å². The van der Waals surface area contributed by atoms with Crippen molar-refractivity contribution in [1.82, 2.24) is 0 Å². The largest absolute Gasteiger partial charge is 0.494 e. The number of rotatable bonds is 14. The van der Waals surface area contributed by atoms with Crippen LogP contribution in [0.2, 0.25) is 0 Å². The number of benzene rings is 1. The molecule has 0 aromatic heterocycles. The summed E-state index contributed by atoms with van der Waals surface area (Å²) in [6, 6.07) is 7.39. The molecule has 0 heterocycles. The summed E-state index contributed by atoms with van der Waals surface area (Å²) in [6.45, 7) is 9.97. The fraction of sp³-hybridized carbons (Fsp3) is 0.667. The lowest BCUT2D eigenvalue weighted by atomic mass is 10.1. The SMILES string of the molecule is [C-]#[N+]c1ccc(OCCCCCCCCCCCCCC)cc1. The Bertz CT molecular complexity index is 418. The molecule has 0 unspecified atom stereocenters. The molecule has 0 aliphatic carbocycles. The minimum atomic E-state index is 0.669. The highest BCUT2D eigenvalue weighted by atomic mass is 16.5. The second kappa shape index (κ2) is 14.1. The van der Waals surface area contributed by atoms with Gasteiger partial charge in [0.1, 0.15) is 5.75 Å². The van der Waals surface area contributed by atoms with Gasteiger partial charge in [-0.3, -0.25) is 0 Å². The second-order valence-corrected chi connectivity index (χ2v) is 6.34. The minimum Gasteiger partial charge on any atom is -0.494 e. The third kappa shape index (κ3) is 10.8. The van der Waals surface area contributed by atoms with E-state index in [9.17, 15) is 0 Å². The Labute approximate surface area is 143 Å². The van der Waals surface area contributed by atoms with Gasteiger partial charge in [-0.05, 0) is 18.6 Å². The van der Waals surface area contributed by atoms with E-state index in [1.165, 1.54) is 70.6 Å². The number of unbranched alkanes of at least 4 members (excludes halogenated alkanes) is 11. The second-order valence-electron chi connectivity index (χ2n) is 6.34. The summed E-state index contributed by atoms with van der Waals surface area (Å²) >= 11 is 0. The molecule has 0 aliphatic heterocycles. The predicted octanol–water partition coefficient (Wildman–Crippen LogP) is 7.32. The van der Waals surface area contributed by atoms with Gasteiger partial charge in [0, 0.05) is 0 Å². The summed E-state index contributed by atoms with van der Waals surface area (Å²) in [5.41, 5.74) is 0.669. The van der Waals surface area contributed by atoms with Crippen molar-refractivity contribution in [2.75, 3.05) is 6.61 Å². The van der Waals surface area contributed by atoms with E-state index >= 15 is 0 Å². The molecule has 0 saturated heterocycles. The molecule has 0 saturated carbocycles. The van der Waals surface area contributed by atoms with Crippen LogP contribution in [0.3, 0.4) is 0 Å². The van der Waals surface area contributed by atoms with Gasteiger partial charge < -0.3 is 4.74 Å². The van der Waals surface area contributed by atoms with Crippen molar-refractivity contribution < 1.29 is 4.74 Å². The van der Waals surface area contributed by atoms with Crippen LogP contribution < -0.4 is 4.74 Å². The Morgan fingerprint density at radius 3 is 1.70 bits per heavy atom. The monoisotopic (exact) mass is 315 g/mol. The first kappa shape index (κ1) is 19.6. The van der Waals surface area contributed by atoms with Crippen molar-refractivity contribution in [2.45, 2.75) is 84.0 Å². The van der Waals surface area contributed by atoms with E-state index in [-0.39, 0.29) is 0 Å². The van der Waals surface area contributed by atoms with Gasteiger partial charge >= 0.3 is 0 Å². The molecule has 0 N–H and O–H groups in total. The standard InChI is InChI=1S/C21H33NO/c1-3-4-5-6-7-8-9-10-11-12-13-14-19-23-21-17-15-20(22-2)16-18-21/h15-18H,3-14,19H2,1H3. The molecular weight excluding hydrogens is 282 g/mol. The van der Waals surface area contributed by atoms with Crippen LogP contribution in [-0.4, -0.2) is 6.61 Å². The van der Waals surface area contributed by atoms with Crippen LogP contribution in [0.4, 0.5) is 5.69 Å². The van der Waals surface area contributed by atoms with Crippen molar-refractivity contribution in [3.05, 3.63) is 35.7 Å². The van der Waals surface area contributed by atoms with Crippen LogP contribution in [0, 0.1) is 6.57 Å². The van der Waals surface area contributed by atoms with Gasteiger partial charge in [-0.25, -0.2) is 4.85 Å². The van der Waals surface area contributed by atoms with Crippen molar-refractivity contribution in [3.63, 3.8) is 0 Å². The van der Waals surface area contributed by atoms with E-state index < -0.39 is 0 Å². The van der Waals surface area contributed by atoms with E-state index in [0.29, 0.717) is 5.69 Å². The van der Waals surface area contributed by atoms with Crippen molar-refractivity contribution >= 4 is 5.69 Å². The Morgan fingerprint density at radius 2 is 1.22 bits per heavy atom. The molecule has 0 fully saturated rings. The van der Waals surface area contributed by atoms with Gasteiger partial charge in [0.05, 0.1) is 13.2 Å². The molecule has 0 aliphatic rings. The molecule has 1 rings (SSSR count). The summed E-state index contributed by atoms with van der Waals surface area (Å²) in [7, 11) is 0. The van der Waals surface area contributed by atoms with E-state index in [1.807, 2.05) is 24.3 Å². The van der Waals surface area contributed by atoms with Gasteiger partial charge in [0.2, 0.25) is 0 Å². The highest BCUT2D eigenvalue weighted by molar-refractivity contribution is 5.46. The molecule has 0 bridgehead atoms. The first-order valence-electron chi connectivity index (χ1n) is 9.47. The Hall–Kier alpha value is -1.49.